The van der Waals surface area contributed by atoms with Crippen molar-refractivity contribution in [2.75, 3.05) is 6.61 Å². The maximum atomic E-state index is 12.5. The van der Waals surface area contributed by atoms with Gasteiger partial charge >= 0.3 is 0 Å². The van der Waals surface area contributed by atoms with Crippen LogP contribution in [0, 0.1) is 40.5 Å². The maximum absolute atomic E-state index is 12.5. The van der Waals surface area contributed by atoms with Crippen LogP contribution in [0.4, 0.5) is 0 Å². The normalized spacial score (nSPS) is 14.0. The second-order valence-corrected chi connectivity index (χ2v) is 5.92. The van der Waals surface area contributed by atoms with E-state index in [1.54, 1.807) is 0 Å². The Morgan fingerprint density at radius 1 is 0.950 bits per heavy atom. The van der Waals surface area contributed by atoms with E-state index in [0.717, 1.165) is 16.7 Å². The molecule has 0 aliphatic heterocycles. The predicted octanol–water partition coefficient (Wildman–Crippen LogP) is 2.98. The summed E-state index contributed by atoms with van der Waals surface area (Å²) >= 11 is 0. The van der Waals surface area contributed by atoms with Crippen LogP contribution in [0.25, 0.3) is 0 Å². The van der Waals surface area contributed by atoms with E-state index in [0.29, 0.717) is 0 Å². The lowest BCUT2D eigenvalue weighted by molar-refractivity contribution is 0.0915. The Bertz CT molecular complexity index is 491. The molecule has 112 valence electrons. The molecule has 0 spiro atoms. The van der Waals surface area contributed by atoms with Gasteiger partial charge in [0.1, 0.15) is 0 Å². The molecule has 0 aromatic heterocycles. The van der Waals surface area contributed by atoms with E-state index >= 15 is 0 Å². The van der Waals surface area contributed by atoms with Crippen LogP contribution in [0.2, 0.25) is 0 Å². The summed E-state index contributed by atoms with van der Waals surface area (Å²) in [5, 5.41) is 12.2. The van der Waals surface area contributed by atoms with Crippen LogP contribution in [0.3, 0.4) is 0 Å². The minimum atomic E-state index is -0.0479. The van der Waals surface area contributed by atoms with Crippen molar-refractivity contribution in [1.82, 2.24) is 5.32 Å². The molecule has 2 atom stereocenters. The highest BCUT2D eigenvalue weighted by molar-refractivity contribution is 5.98. The molecule has 0 radical (unpaired) electrons. The zero-order chi connectivity index (χ0) is 15.6. The number of aliphatic hydroxyl groups excluding tert-OH is 1. The number of hydrogen-bond acceptors (Lipinski definition) is 2. The lowest BCUT2D eigenvalue weighted by Crippen LogP contribution is -2.39. The van der Waals surface area contributed by atoms with Crippen molar-refractivity contribution < 1.29 is 9.90 Å². The minimum absolute atomic E-state index is 0.0426. The molecule has 0 saturated heterocycles. The van der Waals surface area contributed by atoms with Gasteiger partial charge in [-0.15, -0.1) is 0 Å². The topological polar surface area (TPSA) is 49.3 Å². The molecule has 20 heavy (non-hydrogen) atoms. The Balaban J connectivity index is 3.18. The lowest BCUT2D eigenvalue weighted by Gasteiger charge is -2.22. The monoisotopic (exact) mass is 277 g/mol. The number of benzene rings is 1. The van der Waals surface area contributed by atoms with Crippen LogP contribution < -0.4 is 5.32 Å². The van der Waals surface area contributed by atoms with Crippen molar-refractivity contribution in [3.63, 3.8) is 0 Å². The van der Waals surface area contributed by atoms with Crippen molar-refractivity contribution in [2.24, 2.45) is 5.92 Å². The van der Waals surface area contributed by atoms with Gasteiger partial charge in [0.25, 0.3) is 5.91 Å². The van der Waals surface area contributed by atoms with Crippen LogP contribution in [0.5, 0.6) is 0 Å². The SMILES string of the molecule is Cc1c(C)c(C)c(C(=O)NC(C)C(C)CO)c(C)c1C. The van der Waals surface area contributed by atoms with Crippen molar-refractivity contribution in [1.29, 1.82) is 0 Å². The fourth-order valence-electron chi connectivity index (χ4n) is 2.42. The molecule has 1 amide bonds. The summed E-state index contributed by atoms with van der Waals surface area (Å²) in [6.07, 6.45) is 0. The number of hydrogen-bond donors (Lipinski definition) is 2. The highest BCUT2D eigenvalue weighted by Crippen LogP contribution is 2.26. The van der Waals surface area contributed by atoms with E-state index in [-0.39, 0.29) is 24.5 Å². The van der Waals surface area contributed by atoms with Gasteiger partial charge in [-0.3, -0.25) is 4.79 Å². The molecule has 0 aliphatic carbocycles. The van der Waals surface area contributed by atoms with Gasteiger partial charge in [0, 0.05) is 18.2 Å². The summed E-state index contributed by atoms with van der Waals surface area (Å²) in [7, 11) is 0. The second-order valence-electron chi connectivity index (χ2n) is 5.92. The van der Waals surface area contributed by atoms with E-state index in [1.807, 2.05) is 27.7 Å². The third-order valence-corrected chi connectivity index (χ3v) is 4.73. The lowest BCUT2D eigenvalue weighted by atomic mass is 9.89. The van der Waals surface area contributed by atoms with Gasteiger partial charge < -0.3 is 10.4 Å². The Hall–Kier alpha value is -1.35. The first-order chi connectivity index (χ1) is 9.22. The van der Waals surface area contributed by atoms with Gasteiger partial charge in [-0.2, -0.15) is 0 Å². The van der Waals surface area contributed by atoms with Crippen LogP contribution in [0.1, 0.15) is 52.0 Å². The molecule has 0 aliphatic rings. The number of carbonyl (C=O) groups is 1. The van der Waals surface area contributed by atoms with Crippen molar-refractivity contribution >= 4 is 5.91 Å². The summed E-state index contributed by atoms with van der Waals surface area (Å²) in [6, 6.07) is -0.0479. The van der Waals surface area contributed by atoms with Gasteiger partial charge in [-0.05, 0) is 75.3 Å². The molecule has 2 unspecified atom stereocenters. The Morgan fingerprint density at radius 3 is 1.75 bits per heavy atom. The molecule has 1 rings (SSSR count). The highest BCUT2D eigenvalue weighted by atomic mass is 16.3. The third-order valence-electron chi connectivity index (χ3n) is 4.73. The fraction of sp³-hybridized carbons (Fsp3) is 0.588. The average molecular weight is 277 g/mol. The standard InChI is InChI=1S/C17H27NO2/c1-9(8-19)15(7)18-17(20)16-13(5)11(3)10(2)12(4)14(16)6/h9,15,19H,8H2,1-7H3,(H,18,20). The van der Waals surface area contributed by atoms with Gasteiger partial charge in [0.2, 0.25) is 0 Å². The molecule has 3 nitrogen and oxygen atoms in total. The van der Waals surface area contributed by atoms with Crippen LogP contribution in [0.15, 0.2) is 0 Å². The van der Waals surface area contributed by atoms with Gasteiger partial charge in [-0.25, -0.2) is 0 Å². The molecular weight excluding hydrogens is 250 g/mol. The smallest absolute Gasteiger partial charge is 0.252 e. The summed E-state index contributed by atoms with van der Waals surface area (Å²) in [5.74, 6) is 0.00574. The van der Waals surface area contributed by atoms with Crippen LogP contribution in [-0.2, 0) is 0 Å². The summed E-state index contributed by atoms with van der Waals surface area (Å²) in [6.45, 7) is 14.2. The third kappa shape index (κ3) is 3.04. The first-order valence-corrected chi connectivity index (χ1v) is 7.21. The Morgan fingerprint density at radius 2 is 1.35 bits per heavy atom. The fourth-order valence-corrected chi connectivity index (χ4v) is 2.42. The number of rotatable bonds is 4. The van der Waals surface area contributed by atoms with E-state index in [2.05, 4.69) is 26.1 Å². The number of aliphatic hydroxyl groups is 1. The molecule has 1 aromatic carbocycles. The molecule has 0 saturated carbocycles. The molecule has 0 heterocycles. The van der Waals surface area contributed by atoms with Gasteiger partial charge in [0.05, 0.1) is 0 Å². The van der Waals surface area contributed by atoms with E-state index in [9.17, 15) is 9.90 Å². The van der Waals surface area contributed by atoms with Crippen LogP contribution in [-0.4, -0.2) is 23.7 Å². The zero-order valence-electron chi connectivity index (χ0n) is 13.7. The van der Waals surface area contributed by atoms with Gasteiger partial charge in [-0.1, -0.05) is 6.92 Å². The molecule has 2 N–H and O–H groups in total. The number of nitrogens with one attached hydrogen (secondary N) is 1. The summed E-state index contributed by atoms with van der Waals surface area (Å²) in [5.41, 5.74) is 6.50. The zero-order valence-corrected chi connectivity index (χ0v) is 13.7. The summed E-state index contributed by atoms with van der Waals surface area (Å²) in [4.78, 5) is 12.5. The second kappa shape index (κ2) is 6.40. The maximum Gasteiger partial charge on any atom is 0.252 e. The van der Waals surface area contributed by atoms with E-state index in [1.165, 1.54) is 16.7 Å². The number of amides is 1. The van der Waals surface area contributed by atoms with E-state index < -0.39 is 0 Å². The highest BCUT2D eigenvalue weighted by Gasteiger charge is 2.21. The summed E-state index contributed by atoms with van der Waals surface area (Å²) < 4.78 is 0. The van der Waals surface area contributed by atoms with Crippen LogP contribution >= 0.6 is 0 Å². The largest absolute Gasteiger partial charge is 0.396 e. The quantitative estimate of drug-likeness (QED) is 0.889. The average Bonchev–Trinajstić information content (AvgIpc) is 2.42. The van der Waals surface area contributed by atoms with E-state index in [4.69, 9.17) is 0 Å². The molecular formula is C17H27NO2. The van der Waals surface area contributed by atoms with Crippen molar-refractivity contribution in [2.45, 2.75) is 54.5 Å². The van der Waals surface area contributed by atoms with Crippen molar-refractivity contribution in [3.8, 4) is 0 Å². The predicted molar refractivity (Wildman–Crippen MR) is 83.3 cm³/mol. The Labute approximate surface area is 122 Å². The molecule has 0 fully saturated rings. The number of carbonyl (C=O) groups excluding carboxylic acids is 1. The Kier molecular flexibility index (Phi) is 5.35. The van der Waals surface area contributed by atoms with Crippen molar-refractivity contribution in [3.05, 3.63) is 33.4 Å². The first kappa shape index (κ1) is 16.7. The first-order valence-electron chi connectivity index (χ1n) is 7.21. The molecule has 0 bridgehead atoms. The minimum Gasteiger partial charge on any atom is -0.396 e. The van der Waals surface area contributed by atoms with Gasteiger partial charge in [0.15, 0.2) is 0 Å². The molecule has 3 heteroatoms. The molecule has 1 aromatic rings.